The molecule has 2 rings (SSSR count). The molecule has 5 atom stereocenters. The van der Waals surface area contributed by atoms with E-state index < -0.39 is 43.3 Å². The first kappa shape index (κ1) is 17.6. The maximum absolute atomic E-state index is 11.9. The van der Waals surface area contributed by atoms with Crippen LogP contribution < -0.4 is 5.32 Å². The Morgan fingerprint density at radius 2 is 1.96 bits per heavy atom. The van der Waals surface area contributed by atoms with Crippen LogP contribution in [0.4, 0.5) is 4.79 Å². The van der Waals surface area contributed by atoms with Gasteiger partial charge < -0.3 is 34.8 Å². The summed E-state index contributed by atoms with van der Waals surface area (Å²) in [5, 5.41) is 31.7. The van der Waals surface area contributed by atoms with Crippen molar-refractivity contribution in [2.24, 2.45) is 0 Å². The van der Waals surface area contributed by atoms with E-state index in [4.69, 9.17) is 14.2 Å². The summed E-state index contributed by atoms with van der Waals surface area (Å²) in [6.07, 6.45) is -5.46. The van der Waals surface area contributed by atoms with Crippen LogP contribution in [-0.4, -0.2) is 65.8 Å². The van der Waals surface area contributed by atoms with E-state index in [9.17, 15) is 20.1 Å². The molecule has 0 spiro atoms. The second kappa shape index (κ2) is 8.23. The van der Waals surface area contributed by atoms with Gasteiger partial charge in [-0.3, -0.25) is 0 Å². The van der Waals surface area contributed by atoms with Crippen LogP contribution in [0.3, 0.4) is 0 Å². The van der Waals surface area contributed by atoms with E-state index in [1.807, 2.05) is 18.2 Å². The molecule has 1 aliphatic rings. The quantitative estimate of drug-likeness (QED) is 0.568. The number of amides is 1. The third-order valence-electron chi connectivity index (χ3n) is 3.61. The molecule has 0 saturated carbocycles. The maximum atomic E-state index is 11.9. The van der Waals surface area contributed by atoms with E-state index in [0.717, 1.165) is 5.56 Å². The molecule has 128 valence electrons. The number of carbonyl (C=O) groups is 1. The first-order valence-electron chi connectivity index (χ1n) is 7.19. The predicted molar refractivity (Wildman–Crippen MR) is 78.3 cm³/mol. The summed E-state index contributed by atoms with van der Waals surface area (Å²) in [7, 11) is 1.31. The number of aliphatic hydroxyl groups is 3. The molecule has 1 aromatic carbocycles. The van der Waals surface area contributed by atoms with Crippen LogP contribution in [0.2, 0.25) is 0 Å². The van der Waals surface area contributed by atoms with Gasteiger partial charge in [-0.25, -0.2) is 4.79 Å². The molecule has 0 bridgehead atoms. The van der Waals surface area contributed by atoms with Gasteiger partial charge in [-0.2, -0.15) is 0 Å². The summed E-state index contributed by atoms with van der Waals surface area (Å²) in [6, 6.07) is 7.99. The van der Waals surface area contributed by atoms with Crippen LogP contribution in [0.25, 0.3) is 0 Å². The number of ether oxygens (including phenoxy) is 3. The number of carbonyl (C=O) groups excluding carboxylic acids is 1. The topological polar surface area (TPSA) is 117 Å². The highest BCUT2D eigenvalue weighted by Crippen LogP contribution is 2.21. The first-order chi connectivity index (χ1) is 11.1. The molecule has 1 aliphatic heterocycles. The lowest BCUT2D eigenvalue weighted by atomic mass is 9.96. The second-order valence-electron chi connectivity index (χ2n) is 5.17. The maximum Gasteiger partial charge on any atom is 0.407 e. The summed E-state index contributed by atoms with van der Waals surface area (Å²) in [6.45, 7) is -0.426. The summed E-state index contributed by atoms with van der Waals surface area (Å²) in [5.74, 6) is 0. The van der Waals surface area contributed by atoms with E-state index >= 15 is 0 Å². The zero-order valence-electron chi connectivity index (χ0n) is 12.7. The molecule has 4 N–H and O–H groups in total. The van der Waals surface area contributed by atoms with Crippen molar-refractivity contribution < 1.29 is 34.3 Å². The Bertz CT molecular complexity index is 482. The molecule has 8 nitrogen and oxygen atoms in total. The molecule has 23 heavy (non-hydrogen) atoms. The number of hydrogen-bond acceptors (Lipinski definition) is 7. The standard InChI is InChI=1S/C15H21NO7/c1-21-14-13(19)11(12(18)10(7-17)23-14)16-15(20)22-8-9-5-3-2-4-6-9/h2-6,10-14,17-19H,7-8H2,1H3,(H,16,20). The monoisotopic (exact) mass is 327 g/mol. The van der Waals surface area contributed by atoms with Crippen LogP contribution in [0, 0.1) is 0 Å². The van der Waals surface area contributed by atoms with Gasteiger partial charge in [0.05, 0.1) is 12.6 Å². The van der Waals surface area contributed by atoms with Gasteiger partial charge in [-0.1, -0.05) is 30.3 Å². The number of aliphatic hydroxyl groups excluding tert-OH is 3. The summed E-state index contributed by atoms with van der Waals surface area (Å²) >= 11 is 0. The van der Waals surface area contributed by atoms with E-state index in [1.165, 1.54) is 7.11 Å². The fraction of sp³-hybridized carbons (Fsp3) is 0.533. The molecule has 0 aromatic heterocycles. The van der Waals surface area contributed by atoms with Crippen molar-refractivity contribution >= 4 is 6.09 Å². The van der Waals surface area contributed by atoms with Crippen LogP contribution in [-0.2, 0) is 20.8 Å². The zero-order chi connectivity index (χ0) is 16.8. The van der Waals surface area contributed by atoms with Gasteiger partial charge in [-0.05, 0) is 5.56 Å². The smallest absolute Gasteiger partial charge is 0.407 e. The highest BCUT2D eigenvalue weighted by atomic mass is 16.7. The fourth-order valence-electron chi connectivity index (χ4n) is 2.35. The van der Waals surface area contributed by atoms with Crippen molar-refractivity contribution in [3.63, 3.8) is 0 Å². The minimum atomic E-state index is -1.30. The Labute approximate surface area is 133 Å². The van der Waals surface area contributed by atoms with Crippen molar-refractivity contribution in [2.45, 2.75) is 37.3 Å². The number of methoxy groups -OCH3 is 1. The van der Waals surface area contributed by atoms with Crippen LogP contribution in [0.1, 0.15) is 5.56 Å². The first-order valence-corrected chi connectivity index (χ1v) is 7.19. The van der Waals surface area contributed by atoms with E-state index in [-0.39, 0.29) is 6.61 Å². The Kier molecular flexibility index (Phi) is 6.31. The van der Waals surface area contributed by atoms with Gasteiger partial charge in [0.1, 0.15) is 24.9 Å². The molecule has 5 unspecified atom stereocenters. The van der Waals surface area contributed by atoms with E-state index in [0.29, 0.717) is 0 Å². The van der Waals surface area contributed by atoms with Gasteiger partial charge in [0.15, 0.2) is 6.29 Å². The average molecular weight is 327 g/mol. The van der Waals surface area contributed by atoms with E-state index in [1.54, 1.807) is 12.1 Å². The van der Waals surface area contributed by atoms with E-state index in [2.05, 4.69) is 5.32 Å². The third-order valence-corrected chi connectivity index (χ3v) is 3.61. The second-order valence-corrected chi connectivity index (χ2v) is 5.17. The van der Waals surface area contributed by atoms with Crippen LogP contribution >= 0.6 is 0 Å². The Morgan fingerprint density at radius 3 is 2.57 bits per heavy atom. The van der Waals surface area contributed by atoms with Gasteiger partial charge in [-0.15, -0.1) is 0 Å². The minimum Gasteiger partial charge on any atom is -0.445 e. The van der Waals surface area contributed by atoms with Crippen molar-refractivity contribution in [3.8, 4) is 0 Å². The normalized spacial score (nSPS) is 30.7. The highest BCUT2D eigenvalue weighted by Gasteiger charge is 2.45. The molecule has 1 heterocycles. The molecule has 0 aliphatic carbocycles. The number of benzene rings is 1. The fourth-order valence-corrected chi connectivity index (χ4v) is 2.35. The SMILES string of the molecule is COC1OC(CO)C(O)C(NC(=O)OCc2ccccc2)C1O. The number of alkyl carbamates (subject to hydrolysis) is 1. The van der Waals surface area contributed by atoms with Crippen molar-refractivity contribution in [3.05, 3.63) is 35.9 Å². The van der Waals surface area contributed by atoms with Crippen molar-refractivity contribution in [1.29, 1.82) is 0 Å². The molecule has 1 saturated heterocycles. The molecule has 0 radical (unpaired) electrons. The predicted octanol–water partition coefficient (Wildman–Crippen LogP) is -0.633. The molecular formula is C15H21NO7. The molecule has 8 heteroatoms. The molecular weight excluding hydrogens is 306 g/mol. The molecule has 1 amide bonds. The lowest BCUT2D eigenvalue weighted by molar-refractivity contribution is -0.270. The van der Waals surface area contributed by atoms with Crippen molar-refractivity contribution in [1.82, 2.24) is 5.32 Å². The van der Waals surface area contributed by atoms with Gasteiger partial charge in [0, 0.05) is 7.11 Å². The van der Waals surface area contributed by atoms with Crippen molar-refractivity contribution in [2.75, 3.05) is 13.7 Å². The number of rotatable bonds is 5. The van der Waals surface area contributed by atoms with Crippen LogP contribution in [0.15, 0.2) is 30.3 Å². The van der Waals surface area contributed by atoms with Gasteiger partial charge in [0.2, 0.25) is 0 Å². The number of nitrogens with one attached hydrogen (secondary N) is 1. The molecule has 1 aromatic rings. The Morgan fingerprint density at radius 1 is 1.26 bits per heavy atom. The lowest BCUT2D eigenvalue weighted by Crippen LogP contribution is -2.64. The summed E-state index contributed by atoms with van der Waals surface area (Å²) in [5.41, 5.74) is 0.804. The lowest BCUT2D eigenvalue weighted by Gasteiger charge is -2.41. The van der Waals surface area contributed by atoms with Gasteiger partial charge in [0.25, 0.3) is 0 Å². The number of hydrogen-bond donors (Lipinski definition) is 4. The highest BCUT2D eigenvalue weighted by molar-refractivity contribution is 5.67. The molecule has 1 fully saturated rings. The summed E-state index contributed by atoms with van der Waals surface area (Å²) in [4.78, 5) is 11.9. The van der Waals surface area contributed by atoms with Crippen LogP contribution in [0.5, 0.6) is 0 Å². The average Bonchev–Trinajstić information content (AvgIpc) is 2.58. The van der Waals surface area contributed by atoms with Gasteiger partial charge >= 0.3 is 6.09 Å². The minimum absolute atomic E-state index is 0.0548. The Hall–Kier alpha value is -1.71. The Balaban J connectivity index is 1.94. The largest absolute Gasteiger partial charge is 0.445 e. The summed E-state index contributed by atoms with van der Waals surface area (Å²) < 4.78 is 15.2. The zero-order valence-corrected chi connectivity index (χ0v) is 12.7. The third kappa shape index (κ3) is 4.40.